The quantitative estimate of drug-likeness (QED) is 0.690. The van der Waals surface area contributed by atoms with E-state index in [1.165, 1.54) is 25.7 Å². The highest BCUT2D eigenvalue weighted by Crippen LogP contribution is 2.29. The summed E-state index contributed by atoms with van der Waals surface area (Å²) in [6.07, 6.45) is 7.05. The summed E-state index contributed by atoms with van der Waals surface area (Å²) in [5, 5.41) is 4.80. The summed E-state index contributed by atoms with van der Waals surface area (Å²) in [4.78, 5) is 21.4. The van der Waals surface area contributed by atoms with E-state index in [4.69, 9.17) is 16.1 Å². The van der Waals surface area contributed by atoms with Crippen LogP contribution >= 0.6 is 11.6 Å². The van der Waals surface area contributed by atoms with Crippen molar-refractivity contribution in [3.05, 3.63) is 35.2 Å². The second-order valence-corrected chi connectivity index (χ2v) is 8.68. The van der Waals surface area contributed by atoms with Crippen LogP contribution in [-0.4, -0.2) is 52.0 Å². The van der Waals surface area contributed by atoms with Crippen LogP contribution in [0.1, 0.15) is 57.4 Å². The zero-order valence-electron chi connectivity index (χ0n) is 17.0. The molecule has 4 rings (SSSR count). The molecule has 1 aromatic carbocycles. The third-order valence-electron chi connectivity index (χ3n) is 6.36. The molecular formula is C22H29ClN4O2. The number of amides is 1. The van der Waals surface area contributed by atoms with E-state index >= 15 is 0 Å². The smallest absolute Gasteiger partial charge is 0.244 e. The number of hydrogen-bond acceptors (Lipinski definition) is 5. The van der Waals surface area contributed by atoms with Gasteiger partial charge in [0.25, 0.3) is 0 Å². The summed E-state index contributed by atoms with van der Waals surface area (Å²) in [7, 11) is 0. The van der Waals surface area contributed by atoms with Gasteiger partial charge in [-0.3, -0.25) is 9.69 Å². The third kappa shape index (κ3) is 4.98. The van der Waals surface area contributed by atoms with E-state index in [9.17, 15) is 4.79 Å². The number of carbonyl (C=O) groups excluding carboxylic acids is 1. The molecule has 6 nitrogen and oxygen atoms in total. The minimum Gasteiger partial charge on any atom is -0.340 e. The molecule has 0 radical (unpaired) electrons. The average Bonchev–Trinajstić information content (AvgIpc) is 3.44. The maximum atomic E-state index is 12.5. The van der Waals surface area contributed by atoms with Crippen LogP contribution in [0.25, 0.3) is 11.4 Å². The van der Waals surface area contributed by atoms with Crippen LogP contribution in [0.4, 0.5) is 0 Å². The second kappa shape index (κ2) is 9.26. The first-order valence-corrected chi connectivity index (χ1v) is 11.1. The second-order valence-electron chi connectivity index (χ2n) is 8.25. The molecule has 29 heavy (non-hydrogen) atoms. The predicted molar refractivity (Wildman–Crippen MR) is 113 cm³/mol. The Labute approximate surface area is 177 Å². The van der Waals surface area contributed by atoms with Gasteiger partial charge in [-0.2, -0.15) is 4.98 Å². The molecule has 2 fully saturated rings. The van der Waals surface area contributed by atoms with Crippen molar-refractivity contribution in [2.45, 2.75) is 51.5 Å². The molecule has 2 aromatic rings. The van der Waals surface area contributed by atoms with Crippen LogP contribution in [0.5, 0.6) is 0 Å². The van der Waals surface area contributed by atoms with Gasteiger partial charge in [0.2, 0.25) is 17.6 Å². The number of carbonyl (C=O) groups is 1. The molecule has 1 saturated carbocycles. The molecule has 0 unspecified atom stereocenters. The van der Waals surface area contributed by atoms with E-state index in [1.54, 1.807) is 0 Å². The van der Waals surface area contributed by atoms with Crippen LogP contribution in [0.2, 0.25) is 5.02 Å². The van der Waals surface area contributed by atoms with E-state index in [0.717, 1.165) is 44.1 Å². The van der Waals surface area contributed by atoms with Crippen molar-refractivity contribution in [3.63, 3.8) is 0 Å². The highest BCUT2D eigenvalue weighted by atomic mass is 35.5. The Morgan fingerprint density at radius 1 is 1.17 bits per heavy atom. The lowest BCUT2D eigenvalue weighted by Crippen LogP contribution is -2.49. The number of rotatable bonds is 6. The Morgan fingerprint density at radius 3 is 2.55 bits per heavy atom. The highest BCUT2D eigenvalue weighted by Gasteiger charge is 2.28. The van der Waals surface area contributed by atoms with Crippen LogP contribution in [0, 0.1) is 5.92 Å². The van der Waals surface area contributed by atoms with Gasteiger partial charge in [-0.05, 0) is 43.5 Å². The molecule has 0 bridgehead atoms. The molecule has 2 aliphatic rings. The number of benzene rings is 1. The molecule has 1 aliphatic heterocycles. The largest absolute Gasteiger partial charge is 0.340 e. The number of aromatic nitrogens is 2. The Balaban J connectivity index is 1.28. The lowest BCUT2D eigenvalue weighted by molar-refractivity contribution is -0.133. The summed E-state index contributed by atoms with van der Waals surface area (Å²) in [5.74, 6) is 2.26. The molecular weight excluding hydrogens is 388 g/mol. The van der Waals surface area contributed by atoms with Crippen molar-refractivity contribution < 1.29 is 9.32 Å². The van der Waals surface area contributed by atoms with E-state index in [0.29, 0.717) is 29.1 Å². The van der Waals surface area contributed by atoms with E-state index in [-0.39, 0.29) is 6.04 Å². The molecule has 1 aliphatic carbocycles. The van der Waals surface area contributed by atoms with Gasteiger partial charge in [-0.25, -0.2) is 0 Å². The molecule has 156 valence electrons. The maximum absolute atomic E-state index is 12.5. The molecule has 1 atom stereocenters. The minimum atomic E-state index is 0.0271. The first-order valence-electron chi connectivity index (χ1n) is 10.7. The fourth-order valence-corrected chi connectivity index (χ4v) is 4.55. The summed E-state index contributed by atoms with van der Waals surface area (Å²) in [6, 6.07) is 7.44. The summed E-state index contributed by atoms with van der Waals surface area (Å²) in [5.41, 5.74) is 0.884. The Morgan fingerprint density at radius 2 is 1.86 bits per heavy atom. The summed E-state index contributed by atoms with van der Waals surface area (Å²) in [6.45, 7) is 5.28. The van der Waals surface area contributed by atoms with Crippen molar-refractivity contribution in [1.82, 2.24) is 19.9 Å². The first-order chi connectivity index (χ1) is 14.1. The number of hydrogen-bond donors (Lipinski definition) is 0. The normalized spacial score (nSPS) is 19.6. The van der Waals surface area contributed by atoms with Crippen molar-refractivity contribution in [3.8, 4) is 11.4 Å². The topological polar surface area (TPSA) is 62.5 Å². The van der Waals surface area contributed by atoms with Crippen LogP contribution < -0.4 is 0 Å². The van der Waals surface area contributed by atoms with Crippen LogP contribution in [0.15, 0.2) is 28.8 Å². The lowest BCUT2D eigenvalue weighted by Gasteiger charge is -2.37. The lowest BCUT2D eigenvalue weighted by atomic mass is 10.0. The van der Waals surface area contributed by atoms with Gasteiger partial charge in [0.1, 0.15) is 0 Å². The van der Waals surface area contributed by atoms with E-state index in [2.05, 4.69) is 22.0 Å². The number of halogens is 1. The molecule has 1 amide bonds. The van der Waals surface area contributed by atoms with Crippen molar-refractivity contribution in [2.75, 3.05) is 26.2 Å². The maximum Gasteiger partial charge on any atom is 0.244 e. The van der Waals surface area contributed by atoms with E-state index < -0.39 is 0 Å². The summed E-state index contributed by atoms with van der Waals surface area (Å²) >= 11 is 5.94. The number of nitrogens with zero attached hydrogens (tertiary/aromatic N) is 4. The van der Waals surface area contributed by atoms with Gasteiger partial charge < -0.3 is 9.42 Å². The monoisotopic (exact) mass is 416 g/mol. The summed E-state index contributed by atoms with van der Waals surface area (Å²) < 4.78 is 5.52. The van der Waals surface area contributed by atoms with Crippen LogP contribution in [0.3, 0.4) is 0 Å². The zero-order chi connectivity index (χ0) is 20.2. The molecule has 1 aromatic heterocycles. The molecule has 2 heterocycles. The fraction of sp³-hybridized carbons (Fsp3) is 0.591. The van der Waals surface area contributed by atoms with Crippen molar-refractivity contribution >= 4 is 17.5 Å². The molecule has 1 saturated heterocycles. The van der Waals surface area contributed by atoms with Gasteiger partial charge in [0, 0.05) is 43.2 Å². The zero-order valence-corrected chi connectivity index (χ0v) is 17.8. The molecule has 0 spiro atoms. The highest BCUT2D eigenvalue weighted by molar-refractivity contribution is 6.30. The average molecular weight is 417 g/mol. The minimum absolute atomic E-state index is 0.0271. The third-order valence-corrected chi connectivity index (χ3v) is 6.61. The number of piperazine rings is 1. The van der Waals surface area contributed by atoms with Gasteiger partial charge >= 0.3 is 0 Å². The Kier molecular flexibility index (Phi) is 6.50. The van der Waals surface area contributed by atoms with Crippen LogP contribution in [-0.2, 0) is 4.79 Å². The van der Waals surface area contributed by atoms with Gasteiger partial charge in [-0.1, -0.05) is 42.4 Å². The van der Waals surface area contributed by atoms with Crippen molar-refractivity contribution in [2.24, 2.45) is 5.92 Å². The molecule has 7 heteroatoms. The van der Waals surface area contributed by atoms with E-state index in [1.807, 2.05) is 29.2 Å². The van der Waals surface area contributed by atoms with Gasteiger partial charge in [0.05, 0.1) is 6.04 Å². The van der Waals surface area contributed by atoms with Gasteiger partial charge in [-0.15, -0.1) is 0 Å². The Bertz CT molecular complexity index is 808. The Hall–Kier alpha value is -1.92. The SMILES string of the molecule is C[C@@H](c1nc(-c2ccc(Cl)cc2)no1)N1CCN(C(=O)CCC2CCCC2)CC1. The first kappa shape index (κ1) is 20.4. The standard InChI is InChI=1S/C22H29ClN4O2/c1-16(22-24-21(25-29-22)18-7-9-19(23)10-8-18)26-12-14-27(15-13-26)20(28)11-6-17-4-2-3-5-17/h7-10,16-17H,2-6,11-15H2,1H3/t16-/m0/s1. The van der Waals surface area contributed by atoms with Crippen molar-refractivity contribution in [1.29, 1.82) is 0 Å². The molecule has 0 N–H and O–H groups in total. The fourth-order valence-electron chi connectivity index (χ4n) is 4.42. The predicted octanol–water partition coefficient (Wildman–Crippen LogP) is 4.57. The van der Waals surface area contributed by atoms with Gasteiger partial charge in [0.15, 0.2) is 0 Å².